The molecule has 0 saturated carbocycles. The summed E-state index contributed by atoms with van der Waals surface area (Å²) in [6, 6.07) is 26.8. The monoisotopic (exact) mass is 478 g/mol. The Kier molecular flexibility index (Phi) is 7.17. The molecule has 0 aliphatic rings. The highest BCUT2D eigenvalue weighted by molar-refractivity contribution is 5.72. The van der Waals surface area contributed by atoms with Gasteiger partial charge in [-0.1, -0.05) is 86.1 Å². The van der Waals surface area contributed by atoms with Gasteiger partial charge < -0.3 is 0 Å². The number of aromatic nitrogens is 6. The molecule has 0 amide bonds. The van der Waals surface area contributed by atoms with Gasteiger partial charge >= 0.3 is 5.69 Å². The normalized spacial score (nSPS) is 11.1. The van der Waals surface area contributed by atoms with Gasteiger partial charge in [-0.25, -0.2) is 4.79 Å². The van der Waals surface area contributed by atoms with E-state index in [4.69, 9.17) is 0 Å². The maximum absolute atomic E-state index is 13.3. The predicted octanol–water partition coefficient (Wildman–Crippen LogP) is 4.93. The number of rotatable bonds is 10. The van der Waals surface area contributed by atoms with E-state index in [-0.39, 0.29) is 5.69 Å². The van der Waals surface area contributed by atoms with Gasteiger partial charge in [-0.3, -0.25) is 9.13 Å². The zero-order chi connectivity index (χ0) is 24.7. The van der Waals surface area contributed by atoms with Gasteiger partial charge in [-0.2, -0.15) is 4.68 Å². The molecule has 36 heavy (non-hydrogen) atoms. The molecule has 5 rings (SSSR count). The Balaban J connectivity index is 1.38. The van der Waals surface area contributed by atoms with E-state index in [0.717, 1.165) is 53.8 Å². The van der Waals surface area contributed by atoms with Crippen LogP contribution in [0.4, 0.5) is 0 Å². The largest absolute Gasteiger partial charge is 0.328 e. The van der Waals surface area contributed by atoms with Crippen molar-refractivity contribution < 1.29 is 0 Å². The fraction of sp³-hybridized carbons (Fsp3) is 0.241. The van der Waals surface area contributed by atoms with E-state index in [1.807, 2.05) is 45.5 Å². The highest BCUT2D eigenvalue weighted by Crippen LogP contribution is 2.26. The molecule has 0 saturated heterocycles. The zero-order valence-electron chi connectivity index (χ0n) is 20.5. The van der Waals surface area contributed by atoms with E-state index in [1.165, 1.54) is 5.56 Å². The Hall–Kier alpha value is -4.26. The lowest BCUT2D eigenvalue weighted by Gasteiger charge is -2.11. The maximum Gasteiger partial charge on any atom is 0.328 e. The zero-order valence-corrected chi connectivity index (χ0v) is 20.5. The summed E-state index contributed by atoms with van der Waals surface area (Å²) in [6.07, 6.45) is 7.56. The van der Waals surface area contributed by atoms with Gasteiger partial charge in [0.1, 0.15) is 6.33 Å². The van der Waals surface area contributed by atoms with Crippen LogP contribution in [0.1, 0.15) is 36.6 Å². The first-order chi connectivity index (χ1) is 17.7. The SMILES string of the molecule is CCCCc1cn(CCc2ccccc2)c(=O)n1Cc1ccc(-c2ccccc2-n2cnnn2)cc1. The van der Waals surface area contributed by atoms with E-state index >= 15 is 0 Å². The third-order valence-corrected chi connectivity index (χ3v) is 6.50. The lowest BCUT2D eigenvalue weighted by atomic mass is 10.0. The first kappa shape index (κ1) is 23.5. The molecule has 3 aromatic carbocycles. The summed E-state index contributed by atoms with van der Waals surface area (Å²) in [6.45, 7) is 3.42. The number of hydrogen-bond donors (Lipinski definition) is 0. The molecule has 0 unspecified atom stereocenters. The molecule has 0 spiro atoms. The molecule has 2 aromatic heterocycles. The molecule has 0 bridgehead atoms. The average molecular weight is 479 g/mol. The first-order valence-corrected chi connectivity index (χ1v) is 12.5. The van der Waals surface area contributed by atoms with Gasteiger partial charge in [0, 0.05) is 24.0 Å². The number of benzene rings is 3. The Morgan fingerprint density at radius 3 is 2.36 bits per heavy atom. The molecule has 0 N–H and O–H groups in total. The van der Waals surface area contributed by atoms with E-state index < -0.39 is 0 Å². The second-order valence-electron chi connectivity index (χ2n) is 8.99. The molecular formula is C29H30N6O. The summed E-state index contributed by atoms with van der Waals surface area (Å²) in [4.78, 5) is 13.3. The lowest BCUT2D eigenvalue weighted by Crippen LogP contribution is -2.26. The highest BCUT2D eigenvalue weighted by Gasteiger charge is 2.13. The molecule has 7 heteroatoms. The molecule has 0 atom stereocenters. The smallest absolute Gasteiger partial charge is 0.299 e. The Labute approximate surface area is 210 Å². The van der Waals surface area contributed by atoms with Crippen LogP contribution in [0.3, 0.4) is 0 Å². The van der Waals surface area contributed by atoms with Crippen LogP contribution in [-0.2, 0) is 25.9 Å². The average Bonchev–Trinajstić information content (AvgIpc) is 3.56. The molecule has 182 valence electrons. The lowest BCUT2D eigenvalue weighted by molar-refractivity contribution is 0.626. The van der Waals surface area contributed by atoms with Crippen LogP contribution in [0.2, 0.25) is 0 Å². The Morgan fingerprint density at radius 1 is 0.833 bits per heavy atom. The topological polar surface area (TPSA) is 70.5 Å². The second kappa shape index (κ2) is 11.0. The van der Waals surface area contributed by atoms with E-state index in [1.54, 1.807) is 11.0 Å². The minimum Gasteiger partial charge on any atom is -0.299 e. The van der Waals surface area contributed by atoms with Crippen molar-refractivity contribution in [3.63, 3.8) is 0 Å². The summed E-state index contributed by atoms with van der Waals surface area (Å²) in [7, 11) is 0. The van der Waals surface area contributed by atoms with Gasteiger partial charge in [-0.05, 0) is 52.4 Å². The van der Waals surface area contributed by atoms with Gasteiger partial charge in [0.2, 0.25) is 0 Å². The van der Waals surface area contributed by atoms with Crippen molar-refractivity contribution in [3.8, 4) is 16.8 Å². The number of aryl methyl sites for hydroxylation is 3. The van der Waals surface area contributed by atoms with E-state index in [2.05, 4.69) is 71.1 Å². The summed E-state index contributed by atoms with van der Waals surface area (Å²) >= 11 is 0. The molecule has 2 heterocycles. The van der Waals surface area contributed by atoms with Crippen LogP contribution < -0.4 is 5.69 Å². The second-order valence-corrected chi connectivity index (χ2v) is 8.99. The number of imidazole rings is 1. The van der Waals surface area contributed by atoms with Gasteiger partial charge in [0.25, 0.3) is 0 Å². The third kappa shape index (κ3) is 5.20. The van der Waals surface area contributed by atoms with Crippen LogP contribution in [0.25, 0.3) is 16.8 Å². The van der Waals surface area contributed by atoms with Gasteiger partial charge in [0.05, 0.1) is 12.2 Å². The van der Waals surface area contributed by atoms with Crippen molar-refractivity contribution in [3.05, 3.63) is 119 Å². The predicted molar refractivity (Wildman–Crippen MR) is 141 cm³/mol. The van der Waals surface area contributed by atoms with Crippen LogP contribution in [0, 0.1) is 0 Å². The van der Waals surface area contributed by atoms with Gasteiger partial charge in [-0.15, -0.1) is 5.10 Å². The fourth-order valence-electron chi connectivity index (χ4n) is 4.53. The van der Waals surface area contributed by atoms with Gasteiger partial charge in [0.15, 0.2) is 0 Å². The third-order valence-electron chi connectivity index (χ3n) is 6.50. The number of hydrogen-bond acceptors (Lipinski definition) is 4. The molecular weight excluding hydrogens is 448 g/mol. The molecule has 0 aliphatic carbocycles. The van der Waals surface area contributed by atoms with Crippen molar-refractivity contribution >= 4 is 0 Å². The van der Waals surface area contributed by atoms with Crippen molar-refractivity contribution in [2.45, 2.75) is 45.7 Å². The molecule has 0 radical (unpaired) electrons. The maximum atomic E-state index is 13.3. The van der Waals surface area contributed by atoms with Crippen LogP contribution >= 0.6 is 0 Å². The summed E-state index contributed by atoms with van der Waals surface area (Å²) < 4.78 is 5.47. The molecule has 0 fully saturated rings. The fourth-order valence-corrected chi connectivity index (χ4v) is 4.53. The Bertz CT molecular complexity index is 1450. The quantitative estimate of drug-likeness (QED) is 0.285. The number of unbranched alkanes of at least 4 members (excludes halogenated alkanes) is 1. The van der Waals surface area contributed by atoms with Crippen molar-refractivity contribution in [1.82, 2.24) is 29.3 Å². The van der Waals surface area contributed by atoms with Crippen LogP contribution in [-0.4, -0.2) is 29.3 Å². The van der Waals surface area contributed by atoms with Crippen molar-refractivity contribution in [2.24, 2.45) is 0 Å². The molecule has 0 aliphatic heterocycles. The molecule has 7 nitrogen and oxygen atoms in total. The number of para-hydroxylation sites is 1. The molecule has 5 aromatic rings. The minimum absolute atomic E-state index is 0.0603. The summed E-state index contributed by atoms with van der Waals surface area (Å²) in [5.74, 6) is 0. The van der Waals surface area contributed by atoms with Crippen LogP contribution in [0.5, 0.6) is 0 Å². The number of nitrogens with zero attached hydrogens (tertiary/aromatic N) is 6. The van der Waals surface area contributed by atoms with E-state index in [0.29, 0.717) is 13.1 Å². The number of tetrazole rings is 1. The van der Waals surface area contributed by atoms with Crippen molar-refractivity contribution in [1.29, 1.82) is 0 Å². The minimum atomic E-state index is 0.0603. The summed E-state index contributed by atoms with van der Waals surface area (Å²) in [5.41, 5.74) is 6.54. The highest BCUT2D eigenvalue weighted by atomic mass is 16.1. The summed E-state index contributed by atoms with van der Waals surface area (Å²) in [5, 5.41) is 11.6. The van der Waals surface area contributed by atoms with Crippen LogP contribution in [0.15, 0.2) is 96.2 Å². The Morgan fingerprint density at radius 2 is 1.61 bits per heavy atom. The first-order valence-electron chi connectivity index (χ1n) is 12.5. The standard InChI is InChI=1S/C29H30N6O/c1-2-3-11-26-21-33(19-18-23-9-5-4-6-10-23)29(36)34(26)20-24-14-16-25(17-15-24)27-12-7-8-13-28(27)35-22-30-31-32-35/h4-10,12-17,21-22H,2-3,11,18-20H2,1H3. The van der Waals surface area contributed by atoms with E-state index in [9.17, 15) is 4.79 Å². The van der Waals surface area contributed by atoms with Crippen molar-refractivity contribution in [2.75, 3.05) is 0 Å².